The molecule has 48 heavy (non-hydrogen) atoms. The Balaban J connectivity index is 1.24. The first-order chi connectivity index (χ1) is 23.2. The van der Waals surface area contributed by atoms with Crippen molar-refractivity contribution in [1.82, 2.24) is 0 Å². The smallest absolute Gasteiger partial charge is 0.338 e. The van der Waals surface area contributed by atoms with Crippen molar-refractivity contribution in [2.45, 2.75) is 76.8 Å². The number of halogens is 2. The second kappa shape index (κ2) is 16.8. The number of fused-ring (bicyclic) bond motifs is 1. The van der Waals surface area contributed by atoms with Crippen molar-refractivity contribution in [2.75, 3.05) is 13.2 Å². The molecule has 3 aromatic carbocycles. The van der Waals surface area contributed by atoms with E-state index < -0.39 is 29.8 Å². The lowest BCUT2D eigenvalue weighted by Crippen LogP contribution is -2.25. The van der Waals surface area contributed by atoms with Crippen molar-refractivity contribution in [3.8, 4) is 16.9 Å². The lowest BCUT2D eigenvalue weighted by Gasteiger charge is -2.23. The van der Waals surface area contributed by atoms with Gasteiger partial charge in [-0.05, 0) is 86.8 Å². The van der Waals surface area contributed by atoms with Gasteiger partial charge >= 0.3 is 11.9 Å². The van der Waals surface area contributed by atoms with E-state index in [1.165, 1.54) is 0 Å². The second-order valence-corrected chi connectivity index (χ2v) is 12.9. The van der Waals surface area contributed by atoms with Gasteiger partial charge in [0.2, 0.25) is 0 Å². The van der Waals surface area contributed by atoms with E-state index in [1.807, 2.05) is 62.4 Å². The van der Waals surface area contributed by atoms with Crippen LogP contribution in [0, 0.1) is 29.4 Å². The lowest BCUT2D eigenvalue weighted by atomic mass is 9.86. The number of carbonyl (C=O) groups is 2. The summed E-state index contributed by atoms with van der Waals surface area (Å²) >= 11 is 0. The van der Waals surface area contributed by atoms with Crippen molar-refractivity contribution in [3.63, 3.8) is 0 Å². The molecule has 2 fully saturated rings. The molecule has 9 heteroatoms. The molecular formula is C39H44F2O7. The van der Waals surface area contributed by atoms with Crippen LogP contribution in [0.1, 0.15) is 62.7 Å². The Labute approximate surface area is 280 Å². The van der Waals surface area contributed by atoms with E-state index in [4.69, 9.17) is 18.9 Å². The maximum absolute atomic E-state index is 14.0. The monoisotopic (exact) mass is 662 g/mol. The average Bonchev–Trinajstić information content (AvgIpc) is 3.27. The summed E-state index contributed by atoms with van der Waals surface area (Å²) < 4.78 is 50.7. The zero-order chi connectivity index (χ0) is 34.0. The summed E-state index contributed by atoms with van der Waals surface area (Å²) in [5.74, 6) is -2.21. The number of hydrogen-bond donors (Lipinski definition) is 1. The van der Waals surface area contributed by atoms with Gasteiger partial charge in [-0.25, -0.2) is 13.6 Å². The number of benzene rings is 3. The molecule has 5 rings (SSSR count). The van der Waals surface area contributed by atoms with Gasteiger partial charge in [0.05, 0.1) is 17.8 Å². The van der Waals surface area contributed by atoms with Crippen LogP contribution in [-0.2, 0) is 19.0 Å². The molecule has 1 aliphatic carbocycles. The molecule has 1 aliphatic heterocycles. The minimum Gasteiger partial charge on any atom is -0.487 e. The SMILES string of the molecule is CC(C)OC(=O)CCC[C@H]1CC[C@@H]2[C@@H](/C=C/C(O)COc3cc(F)ccc3F)[C@H](OC(=O)c3ccc(-c4ccccc4)cc3)C[C@@H]2OC1. The van der Waals surface area contributed by atoms with Gasteiger partial charge in [-0.1, -0.05) is 54.6 Å². The zero-order valence-electron chi connectivity index (χ0n) is 27.4. The minimum absolute atomic E-state index is 0.0317. The van der Waals surface area contributed by atoms with E-state index in [1.54, 1.807) is 18.2 Å². The molecule has 6 atom stereocenters. The molecule has 2 aliphatic rings. The molecule has 1 heterocycles. The van der Waals surface area contributed by atoms with Crippen LogP contribution in [-0.4, -0.2) is 54.7 Å². The highest BCUT2D eigenvalue weighted by Crippen LogP contribution is 2.43. The molecule has 0 amide bonds. The Hall–Kier alpha value is -4.08. The molecule has 1 saturated heterocycles. The quantitative estimate of drug-likeness (QED) is 0.148. The molecular weight excluding hydrogens is 618 g/mol. The topological polar surface area (TPSA) is 91.3 Å². The van der Waals surface area contributed by atoms with E-state index >= 15 is 0 Å². The average molecular weight is 663 g/mol. The van der Waals surface area contributed by atoms with Gasteiger partial charge in [0.25, 0.3) is 0 Å². The third-order valence-corrected chi connectivity index (χ3v) is 9.02. The van der Waals surface area contributed by atoms with Crippen LogP contribution < -0.4 is 4.74 Å². The fraction of sp³-hybridized carbons (Fsp3) is 0.436. The lowest BCUT2D eigenvalue weighted by molar-refractivity contribution is -0.147. The third-order valence-electron chi connectivity index (χ3n) is 9.02. The van der Waals surface area contributed by atoms with Gasteiger partial charge < -0.3 is 24.1 Å². The van der Waals surface area contributed by atoms with Crippen LogP contribution in [0.3, 0.4) is 0 Å². The molecule has 256 valence electrons. The Bertz CT molecular complexity index is 1530. The normalized spacial score (nSPS) is 23.0. The molecule has 3 aromatic rings. The van der Waals surface area contributed by atoms with Gasteiger partial charge in [0.1, 0.15) is 24.6 Å². The van der Waals surface area contributed by atoms with Gasteiger partial charge in [0.15, 0.2) is 11.6 Å². The third kappa shape index (κ3) is 9.73. The van der Waals surface area contributed by atoms with Crippen LogP contribution in [0.15, 0.2) is 84.9 Å². The summed E-state index contributed by atoms with van der Waals surface area (Å²) in [6.07, 6.45) is 5.65. The molecule has 0 aromatic heterocycles. The molecule has 1 unspecified atom stereocenters. The maximum Gasteiger partial charge on any atom is 0.338 e. The molecule has 1 saturated carbocycles. The number of hydrogen-bond acceptors (Lipinski definition) is 7. The van der Waals surface area contributed by atoms with Crippen molar-refractivity contribution < 1.29 is 42.4 Å². The van der Waals surface area contributed by atoms with Gasteiger partial charge in [-0.2, -0.15) is 0 Å². The van der Waals surface area contributed by atoms with Crippen molar-refractivity contribution in [3.05, 3.63) is 102 Å². The highest BCUT2D eigenvalue weighted by molar-refractivity contribution is 5.90. The predicted octanol–water partition coefficient (Wildman–Crippen LogP) is 7.71. The number of esters is 2. The highest BCUT2D eigenvalue weighted by atomic mass is 19.1. The Kier molecular flexibility index (Phi) is 12.4. The van der Waals surface area contributed by atoms with E-state index in [9.17, 15) is 23.5 Å². The number of ether oxygens (including phenoxy) is 4. The first kappa shape index (κ1) is 35.2. The fourth-order valence-corrected chi connectivity index (χ4v) is 6.61. The summed E-state index contributed by atoms with van der Waals surface area (Å²) in [7, 11) is 0. The largest absolute Gasteiger partial charge is 0.487 e. The maximum atomic E-state index is 14.0. The van der Waals surface area contributed by atoms with Gasteiger partial charge in [-0.15, -0.1) is 0 Å². The van der Waals surface area contributed by atoms with Crippen LogP contribution in [0.4, 0.5) is 8.78 Å². The van der Waals surface area contributed by atoms with E-state index in [-0.39, 0.29) is 48.3 Å². The Morgan fingerprint density at radius 3 is 2.50 bits per heavy atom. The van der Waals surface area contributed by atoms with E-state index in [0.29, 0.717) is 25.0 Å². The standard InChI is InChI=1S/C39H44F2O7/c1-25(2)47-38(43)10-6-7-26-11-18-32-33(19-17-31(42)24-46-37-21-30(40)16-20-34(37)41)36(22-35(32)45-23-26)48-39(44)29-14-12-28(13-15-29)27-8-4-3-5-9-27/h3-5,8-9,12-17,19-21,25-26,31-33,35-36,42H,6-7,10-11,18,22-24H2,1-2H3/b19-17+/t26-,31?,32+,33+,35-,36+/m0/s1. The Morgan fingerprint density at radius 2 is 1.75 bits per heavy atom. The van der Waals surface area contributed by atoms with Crippen molar-refractivity contribution in [2.24, 2.45) is 17.8 Å². The first-order valence-electron chi connectivity index (χ1n) is 16.8. The number of carbonyl (C=O) groups excluding carboxylic acids is 2. The van der Waals surface area contributed by atoms with E-state index in [0.717, 1.165) is 55.0 Å². The summed E-state index contributed by atoms with van der Waals surface area (Å²) in [5.41, 5.74) is 2.48. The number of aliphatic hydroxyl groups excluding tert-OH is 1. The van der Waals surface area contributed by atoms with Crippen LogP contribution in [0.2, 0.25) is 0 Å². The summed E-state index contributed by atoms with van der Waals surface area (Å²) in [4.78, 5) is 25.3. The van der Waals surface area contributed by atoms with Crippen LogP contribution in [0.5, 0.6) is 5.75 Å². The summed E-state index contributed by atoms with van der Waals surface area (Å²) in [6, 6.07) is 20.1. The van der Waals surface area contributed by atoms with Crippen LogP contribution >= 0.6 is 0 Å². The van der Waals surface area contributed by atoms with Gasteiger partial charge in [0, 0.05) is 31.4 Å². The van der Waals surface area contributed by atoms with Crippen molar-refractivity contribution >= 4 is 11.9 Å². The predicted molar refractivity (Wildman–Crippen MR) is 177 cm³/mol. The first-order valence-corrected chi connectivity index (χ1v) is 16.8. The van der Waals surface area contributed by atoms with Crippen molar-refractivity contribution in [1.29, 1.82) is 0 Å². The summed E-state index contributed by atoms with van der Waals surface area (Å²) in [6.45, 7) is 3.94. The molecule has 1 N–H and O–H groups in total. The van der Waals surface area contributed by atoms with Gasteiger partial charge in [-0.3, -0.25) is 4.79 Å². The zero-order valence-corrected chi connectivity index (χ0v) is 27.4. The molecule has 7 nitrogen and oxygen atoms in total. The molecule has 0 bridgehead atoms. The molecule has 0 spiro atoms. The second-order valence-electron chi connectivity index (χ2n) is 12.9. The fourth-order valence-electron chi connectivity index (χ4n) is 6.61. The number of rotatable bonds is 13. The minimum atomic E-state index is -1.11. The number of aliphatic hydroxyl groups is 1. The van der Waals surface area contributed by atoms with E-state index in [2.05, 4.69) is 0 Å². The molecule has 0 radical (unpaired) electrons. The Morgan fingerprint density at radius 1 is 1.00 bits per heavy atom. The highest BCUT2D eigenvalue weighted by Gasteiger charge is 2.46. The van der Waals surface area contributed by atoms with Crippen LogP contribution in [0.25, 0.3) is 11.1 Å². The summed E-state index contributed by atoms with van der Waals surface area (Å²) in [5, 5.41) is 10.7.